The van der Waals surface area contributed by atoms with Gasteiger partial charge in [0.05, 0.1) is 7.11 Å². The predicted molar refractivity (Wildman–Crippen MR) is 117 cm³/mol. The summed E-state index contributed by atoms with van der Waals surface area (Å²) in [5.74, 6) is 2.60. The lowest BCUT2D eigenvalue weighted by Gasteiger charge is -2.34. The lowest BCUT2D eigenvalue weighted by molar-refractivity contribution is 0.259. The average molecular weight is 398 g/mol. The van der Waals surface area contributed by atoms with Gasteiger partial charge in [-0.3, -0.25) is 9.89 Å². The van der Waals surface area contributed by atoms with Crippen LogP contribution < -0.4 is 15.0 Å². The molecule has 0 radical (unpaired) electrons. The number of para-hydroxylation sites is 1. The van der Waals surface area contributed by atoms with E-state index in [0.717, 1.165) is 69.0 Å². The number of hydrogen-bond donors (Lipinski definition) is 1. The maximum Gasteiger partial charge on any atom is 0.225 e. The van der Waals surface area contributed by atoms with E-state index in [1.165, 1.54) is 0 Å². The Morgan fingerprint density at radius 1 is 1.14 bits per heavy atom. The molecule has 8 nitrogen and oxygen atoms in total. The van der Waals surface area contributed by atoms with Crippen LogP contribution in [0, 0.1) is 0 Å². The summed E-state index contributed by atoms with van der Waals surface area (Å²) in [6.45, 7) is 6.49. The van der Waals surface area contributed by atoms with Crippen molar-refractivity contribution in [3.63, 3.8) is 0 Å². The van der Waals surface area contributed by atoms with Gasteiger partial charge < -0.3 is 19.9 Å². The minimum absolute atomic E-state index is 0.736. The molecule has 0 bridgehead atoms. The first-order chi connectivity index (χ1) is 14.2. The summed E-state index contributed by atoms with van der Waals surface area (Å²) in [6, 6.07) is 9.93. The molecule has 0 aliphatic carbocycles. The van der Waals surface area contributed by atoms with Crippen LogP contribution in [0.1, 0.15) is 5.56 Å². The molecule has 8 heteroatoms. The molecule has 1 aromatic carbocycles. The van der Waals surface area contributed by atoms with Crippen molar-refractivity contribution in [1.82, 2.24) is 25.1 Å². The van der Waals surface area contributed by atoms with Crippen LogP contribution in [0.4, 0.5) is 5.95 Å². The molecule has 0 spiro atoms. The molecule has 2 aromatic rings. The molecular weight excluding hydrogens is 366 g/mol. The van der Waals surface area contributed by atoms with Gasteiger partial charge in [0.1, 0.15) is 5.75 Å². The SMILES string of the molecule is CN=C(NCCN1CCN(c2ncccn2)CC1)N(C)Cc1ccccc1OC. The van der Waals surface area contributed by atoms with Gasteiger partial charge in [0.15, 0.2) is 5.96 Å². The first kappa shape index (κ1) is 20.9. The summed E-state index contributed by atoms with van der Waals surface area (Å²) >= 11 is 0. The number of methoxy groups -OCH3 is 1. The quantitative estimate of drug-likeness (QED) is 0.558. The fourth-order valence-corrected chi connectivity index (χ4v) is 3.50. The van der Waals surface area contributed by atoms with E-state index in [2.05, 4.69) is 41.0 Å². The van der Waals surface area contributed by atoms with Crippen molar-refractivity contribution in [1.29, 1.82) is 0 Å². The van der Waals surface area contributed by atoms with Crippen LogP contribution >= 0.6 is 0 Å². The second kappa shape index (κ2) is 10.6. The fraction of sp³-hybridized carbons (Fsp3) is 0.476. The Labute approximate surface area is 173 Å². The Morgan fingerprint density at radius 3 is 2.55 bits per heavy atom. The van der Waals surface area contributed by atoms with Gasteiger partial charge in [-0.25, -0.2) is 9.97 Å². The Balaban J connectivity index is 1.42. The summed E-state index contributed by atoms with van der Waals surface area (Å²) < 4.78 is 5.45. The van der Waals surface area contributed by atoms with Crippen molar-refractivity contribution < 1.29 is 4.74 Å². The molecule has 0 atom stereocenters. The number of nitrogens with one attached hydrogen (secondary N) is 1. The lowest BCUT2D eigenvalue weighted by Crippen LogP contribution is -2.49. The molecule has 1 aliphatic heterocycles. The zero-order valence-corrected chi connectivity index (χ0v) is 17.6. The number of guanidine groups is 1. The first-order valence-electron chi connectivity index (χ1n) is 9.99. The molecule has 1 aliphatic rings. The molecule has 0 saturated carbocycles. The van der Waals surface area contributed by atoms with Crippen molar-refractivity contribution in [2.75, 3.05) is 65.4 Å². The third-order valence-electron chi connectivity index (χ3n) is 5.09. The summed E-state index contributed by atoms with van der Waals surface area (Å²) in [4.78, 5) is 19.9. The highest BCUT2D eigenvalue weighted by molar-refractivity contribution is 5.79. The number of anilines is 1. The third kappa shape index (κ3) is 5.80. The number of ether oxygens (including phenoxy) is 1. The van der Waals surface area contributed by atoms with E-state index in [1.54, 1.807) is 19.5 Å². The number of nitrogens with zero attached hydrogens (tertiary/aromatic N) is 6. The standard InChI is InChI=1S/C21H31N7O/c1-22-20(26(2)17-18-7-4-5-8-19(18)29-3)25-11-12-27-13-15-28(16-14-27)21-23-9-6-10-24-21/h4-10H,11-17H2,1-3H3,(H,22,25). The average Bonchev–Trinajstić information content (AvgIpc) is 2.78. The molecule has 1 fully saturated rings. The largest absolute Gasteiger partial charge is 0.496 e. The van der Waals surface area contributed by atoms with Crippen molar-refractivity contribution >= 4 is 11.9 Å². The maximum absolute atomic E-state index is 5.45. The summed E-state index contributed by atoms with van der Waals surface area (Å²) in [5.41, 5.74) is 1.14. The van der Waals surface area contributed by atoms with Crippen LogP contribution in [-0.4, -0.2) is 86.2 Å². The van der Waals surface area contributed by atoms with Gasteiger partial charge in [-0.05, 0) is 12.1 Å². The molecule has 0 unspecified atom stereocenters. The highest BCUT2D eigenvalue weighted by atomic mass is 16.5. The van der Waals surface area contributed by atoms with Crippen LogP contribution in [0.15, 0.2) is 47.7 Å². The molecule has 0 amide bonds. The number of benzene rings is 1. The zero-order chi connectivity index (χ0) is 20.5. The van der Waals surface area contributed by atoms with Crippen LogP contribution in [0.25, 0.3) is 0 Å². The third-order valence-corrected chi connectivity index (χ3v) is 5.09. The lowest BCUT2D eigenvalue weighted by atomic mass is 10.2. The van der Waals surface area contributed by atoms with Crippen LogP contribution in [0.3, 0.4) is 0 Å². The number of rotatable bonds is 7. The van der Waals surface area contributed by atoms with E-state index in [4.69, 9.17) is 4.74 Å². The zero-order valence-electron chi connectivity index (χ0n) is 17.6. The molecule has 1 saturated heterocycles. The van der Waals surface area contributed by atoms with E-state index >= 15 is 0 Å². The van der Waals surface area contributed by atoms with E-state index < -0.39 is 0 Å². The summed E-state index contributed by atoms with van der Waals surface area (Å²) in [7, 11) is 5.57. The summed E-state index contributed by atoms with van der Waals surface area (Å²) in [6.07, 6.45) is 3.59. The fourth-order valence-electron chi connectivity index (χ4n) is 3.50. The van der Waals surface area contributed by atoms with Gasteiger partial charge in [-0.1, -0.05) is 18.2 Å². The normalized spacial score (nSPS) is 15.3. The molecule has 3 rings (SSSR count). The van der Waals surface area contributed by atoms with Crippen molar-refractivity contribution in [3.05, 3.63) is 48.3 Å². The van der Waals surface area contributed by atoms with Crippen LogP contribution in [0.2, 0.25) is 0 Å². The topological polar surface area (TPSA) is 69.1 Å². The molecule has 29 heavy (non-hydrogen) atoms. The van der Waals surface area contributed by atoms with Gasteiger partial charge in [0.2, 0.25) is 5.95 Å². The number of aliphatic imine (C=N–C) groups is 1. The number of aromatic nitrogens is 2. The van der Waals surface area contributed by atoms with Crippen LogP contribution in [-0.2, 0) is 6.54 Å². The Morgan fingerprint density at radius 2 is 1.86 bits per heavy atom. The number of piperazine rings is 1. The van der Waals surface area contributed by atoms with Gasteiger partial charge in [-0.15, -0.1) is 0 Å². The Hall–Kier alpha value is -2.87. The van der Waals surface area contributed by atoms with Gasteiger partial charge in [0.25, 0.3) is 0 Å². The highest BCUT2D eigenvalue weighted by Gasteiger charge is 2.18. The van der Waals surface area contributed by atoms with E-state index in [1.807, 2.05) is 38.4 Å². The highest BCUT2D eigenvalue weighted by Crippen LogP contribution is 2.18. The smallest absolute Gasteiger partial charge is 0.225 e. The van der Waals surface area contributed by atoms with E-state index in [9.17, 15) is 0 Å². The van der Waals surface area contributed by atoms with Crippen molar-refractivity contribution in [3.8, 4) is 5.75 Å². The molecule has 1 N–H and O–H groups in total. The summed E-state index contributed by atoms with van der Waals surface area (Å²) in [5, 5.41) is 3.47. The molecular formula is C21H31N7O. The van der Waals surface area contributed by atoms with Crippen molar-refractivity contribution in [2.24, 2.45) is 4.99 Å². The molecule has 2 heterocycles. The molecule has 156 valence electrons. The van der Waals surface area contributed by atoms with E-state index in [0.29, 0.717) is 0 Å². The van der Waals surface area contributed by atoms with Crippen molar-refractivity contribution in [2.45, 2.75) is 6.54 Å². The Kier molecular flexibility index (Phi) is 7.63. The van der Waals surface area contributed by atoms with Crippen LogP contribution in [0.5, 0.6) is 5.75 Å². The minimum atomic E-state index is 0.736. The van der Waals surface area contributed by atoms with Gasteiger partial charge in [0, 0.05) is 77.9 Å². The van der Waals surface area contributed by atoms with Gasteiger partial charge in [-0.2, -0.15) is 0 Å². The second-order valence-electron chi connectivity index (χ2n) is 7.02. The van der Waals surface area contributed by atoms with E-state index in [-0.39, 0.29) is 0 Å². The Bertz CT molecular complexity index is 776. The predicted octanol–water partition coefficient (Wildman–Crippen LogP) is 1.31. The maximum atomic E-state index is 5.45. The minimum Gasteiger partial charge on any atom is -0.496 e. The first-order valence-corrected chi connectivity index (χ1v) is 9.99. The molecule has 1 aromatic heterocycles. The van der Waals surface area contributed by atoms with Gasteiger partial charge >= 0.3 is 0 Å². The number of hydrogen-bond acceptors (Lipinski definition) is 6. The monoisotopic (exact) mass is 397 g/mol. The second-order valence-corrected chi connectivity index (χ2v) is 7.02.